The largest absolute Gasteiger partial charge is 0.477 e. The number of nitrogens with zero attached hydrogens (tertiary/aromatic N) is 8. The molecule has 5 rings (SSSR count). The van der Waals surface area contributed by atoms with Gasteiger partial charge in [-0.05, 0) is 6.08 Å². The maximum atomic E-state index is 12.9. The van der Waals surface area contributed by atoms with Crippen molar-refractivity contribution >= 4 is 70.3 Å². The van der Waals surface area contributed by atoms with E-state index in [0.717, 1.165) is 16.4 Å². The summed E-state index contributed by atoms with van der Waals surface area (Å²) in [7, 11) is 0. The number of carboxylic acids is 1. The van der Waals surface area contributed by atoms with Gasteiger partial charge in [0.25, 0.3) is 17.6 Å². The van der Waals surface area contributed by atoms with Gasteiger partial charge in [0, 0.05) is 28.9 Å². The molecule has 5 heterocycles. The summed E-state index contributed by atoms with van der Waals surface area (Å²) in [6.45, 7) is 0.129. The van der Waals surface area contributed by atoms with Crippen LogP contribution in [0.25, 0.3) is 0 Å². The van der Waals surface area contributed by atoms with Crippen LogP contribution in [0.15, 0.2) is 43.9 Å². The second kappa shape index (κ2) is 8.12. The molecule has 1 aromatic heterocycles. The third-order valence-corrected chi connectivity index (χ3v) is 7.22. The monoisotopic (exact) mass is 503 g/mol. The number of rotatable bonds is 6. The number of allylic oxidation sites excluding steroid dienone is 1. The van der Waals surface area contributed by atoms with Crippen molar-refractivity contribution in [2.45, 2.75) is 11.4 Å². The zero-order chi connectivity index (χ0) is 24.0. The summed E-state index contributed by atoms with van der Waals surface area (Å²) in [4.78, 5) is 42.6. The van der Waals surface area contributed by atoms with Crippen LogP contribution in [0.3, 0.4) is 0 Å². The lowest BCUT2D eigenvalue weighted by atomic mass is 10.0. The summed E-state index contributed by atoms with van der Waals surface area (Å²) >= 11 is 2.10. The van der Waals surface area contributed by atoms with Crippen LogP contribution >= 0.6 is 23.3 Å². The number of anilines is 1. The molecule has 0 radical (unpaired) electrons. The first kappa shape index (κ1) is 21.9. The van der Waals surface area contributed by atoms with Crippen LogP contribution in [-0.2, 0) is 14.4 Å². The number of amides is 2. The number of carbonyl (C=O) groups excluding carboxylic acids is 2. The third-order valence-electron chi connectivity index (χ3n) is 5.34. The first-order valence-electron chi connectivity index (χ1n) is 9.60. The van der Waals surface area contributed by atoms with E-state index in [1.807, 2.05) is 0 Å². The number of nitrogens with one attached hydrogen (secondary N) is 1. The highest BCUT2D eigenvalue weighted by Crippen LogP contribution is 2.41. The average molecular weight is 504 g/mol. The Balaban J connectivity index is 1.37. The van der Waals surface area contributed by atoms with Crippen molar-refractivity contribution in [2.75, 3.05) is 18.0 Å². The van der Waals surface area contributed by atoms with Crippen LogP contribution in [0.5, 0.6) is 0 Å². The fourth-order valence-electron chi connectivity index (χ4n) is 3.84. The van der Waals surface area contributed by atoms with Gasteiger partial charge in [-0.15, -0.1) is 16.4 Å². The highest BCUT2D eigenvalue weighted by molar-refractivity contribution is 8.00. The third kappa shape index (κ3) is 3.37. The Morgan fingerprint density at radius 3 is 2.94 bits per heavy atom. The van der Waals surface area contributed by atoms with Gasteiger partial charge in [0.1, 0.15) is 23.7 Å². The summed E-state index contributed by atoms with van der Waals surface area (Å²) in [6, 6.07) is -1.03. The summed E-state index contributed by atoms with van der Waals surface area (Å²) in [5, 5.41) is 36.3. The van der Waals surface area contributed by atoms with E-state index in [4.69, 9.17) is 5.73 Å². The molecular formula is C17H15N10O5S2+. The molecule has 3 atom stereocenters. The highest BCUT2D eigenvalue weighted by atomic mass is 32.2. The Labute approximate surface area is 198 Å². The first-order valence-corrected chi connectivity index (χ1v) is 11.4. The second-order valence-electron chi connectivity index (χ2n) is 7.32. The Bertz CT molecular complexity index is 1300. The van der Waals surface area contributed by atoms with E-state index < -0.39 is 34.9 Å². The SMILES string of the molecule is Nc1nc(/C(=N/O)C(=O)N[C@@H]2C(=O)N3C(C(=O)O)=C(C[N+]45C=NN=C4C=CC=N5)CSC23)ns1. The first-order chi connectivity index (χ1) is 16.3. The summed E-state index contributed by atoms with van der Waals surface area (Å²) in [5.74, 6) is -2.18. The van der Waals surface area contributed by atoms with Crippen molar-refractivity contribution in [3.8, 4) is 0 Å². The summed E-state index contributed by atoms with van der Waals surface area (Å²) in [6.07, 6.45) is 6.50. The van der Waals surface area contributed by atoms with Crippen molar-refractivity contribution in [1.82, 2.24) is 19.6 Å². The van der Waals surface area contributed by atoms with Crippen molar-refractivity contribution in [3.63, 3.8) is 0 Å². The minimum Gasteiger partial charge on any atom is -0.477 e. The van der Waals surface area contributed by atoms with Gasteiger partial charge in [-0.2, -0.15) is 9.36 Å². The van der Waals surface area contributed by atoms with E-state index >= 15 is 0 Å². The van der Waals surface area contributed by atoms with E-state index in [9.17, 15) is 24.7 Å². The highest BCUT2D eigenvalue weighted by Gasteiger charge is 2.55. The number of fused-ring (bicyclic) bond motifs is 2. The van der Waals surface area contributed by atoms with E-state index in [0.29, 0.717) is 11.4 Å². The molecule has 17 heteroatoms. The summed E-state index contributed by atoms with van der Waals surface area (Å²) < 4.78 is 3.69. The molecule has 4 aliphatic heterocycles. The number of oxime groups is 1. The Kier molecular flexibility index (Phi) is 5.22. The topological polar surface area (TPSA) is 208 Å². The number of thioether (sulfide) groups is 1. The molecule has 4 aliphatic rings. The van der Waals surface area contributed by atoms with Gasteiger partial charge in [0.15, 0.2) is 5.13 Å². The van der Waals surface area contributed by atoms with Gasteiger partial charge < -0.3 is 21.4 Å². The number of quaternary nitrogens is 1. The maximum Gasteiger partial charge on any atom is 0.352 e. The fourth-order valence-corrected chi connectivity index (χ4v) is 5.61. The molecule has 0 spiro atoms. The molecule has 0 aliphatic carbocycles. The lowest BCUT2D eigenvalue weighted by molar-refractivity contribution is -0.738. The number of amidine groups is 1. The van der Waals surface area contributed by atoms with Gasteiger partial charge in [-0.3, -0.25) is 14.5 Å². The van der Waals surface area contributed by atoms with Crippen LogP contribution in [0.1, 0.15) is 5.82 Å². The number of β-lactam (4-membered cyclic amide) rings is 1. The molecule has 1 saturated heterocycles. The van der Waals surface area contributed by atoms with Crippen LogP contribution in [0.2, 0.25) is 0 Å². The molecule has 0 aromatic carbocycles. The van der Waals surface area contributed by atoms with E-state index in [1.165, 1.54) is 18.1 Å². The summed E-state index contributed by atoms with van der Waals surface area (Å²) in [5.41, 5.74) is 5.29. The molecule has 1 fully saturated rings. The standard InChI is InChI=1S/C17H14N10O5S2/c18-17-22-12(25-34-17)9(24-32)13(28)21-10-14(29)26-11(16(30)31)7(5-33-15(10)26)4-27-6-19-23-8(27)2-1-3-20-27/h1-3,6,10,15H,4-5H2,(H4-,18,21,22,25,28,30,31,32)/p+1/t10-,15?,27?/m1/s1. The molecule has 0 bridgehead atoms. The van der Waals surface area contributed by atoms with Gasteiger partial charge in [-0.1, -0.05) is 20.5 Å². The predicted octanol–water partition coefficient (Wildman–Crippen LogP) is -1.23. The lowest BCUT2D eigenvalue weighted by Gasteiger charge is -2.49. The number of nitrogens with two attached hydrogens (primary N) is 1. The number of hydrogen-bond donors (Lipinski definition) is 4. The zero-order valence-electron chi connectivity index (χ0n) is 17.0. The molecule has 2 unspecified atom stereocenters. The minimum atomic E-state index is -1.28. The smallest absolute Gasteiger partial charge is 0.352 e. The number of aromatic nitrogens is 2. The van der Waals surface area contributed by atoms with E-state index in [2.05, 4.69) is 35.1 Å². The molecule has 15 nitrogen and oxygen atoms in total. The molecule has 5 N–H and O–H groups in total. The second-order valence-corrected chi connectivity index (χ2v) is 9.21. The van der Waals surface area contributed by atoms with Crippen LogP contribution in [-0.4, -0.2) is 94.8 Å². The van der Waals surface area contributed by atoms with Gasteiger partial charge in [0.05, 0.1) is 6.21 Å². The minimum absolute atomic E-state index is 0.0672. The molecule has 1 aromatic rings. The van der Waals surface area contributed by atoms with Gasteiger partial charge >= 0.3 is 5.97 Å². The number of carbonyl (C=O) groups is 3. The number of aliphatic carboxylic acids is 1. The molecule has 174 valence electrons. The molecular weight excluding hydrogens is 488 g/mol. The Morgan fingerprint density at radius 2 is 2.24 bits per heavy atom. The average Bonchev–Trinajstić information content (AvgIpc) is 3.43. The quantitative estimate of drug-likeness (QED) is 0.120. The van der Waals surface area contributed by atoms with Crippen molar-refractivity contribution < 1.29 is 29.3 Å². The van der Waals surface area contributed by atoms with Crippen LogP contribution in [0.4, 0.5) is 5.13 Å². The lowest BCUT2D eigenvalue weighted by Crippen LogP contribution is -2.71. The van der Waals surface area contributed by atoms with Crippen LogP contribution in [0, 0.1) is 0 Å². The van der Waals surface area contributed by atoms with Crippen molar-refractivity contribution in [3.05, 3.63) is 29.2 Å². The molecule has 34 heavy (non-hydrogen) atoms. The van der Waals surface area contributed by atoms with E-state index in [1.54, 1.807) is 18.4 Å². The van der Waals surface area contributed by atoms with Crippen LogP contribution < -0.4 is 11.1 Å². The molecule has 0 saturated carbocycles. The number of carboxylic acid groups (broad SMARTS) is 1. The van der Waals surface area contributed by atoms with Crippen molar-refractivity contribution in [2.24, 2.45) is 20.5 Å². The number of hydrogen-bond acceptors (Lipinski definition) is 13. The normalized spacial score (nSPS) is 27.3. The van der Waals surface area contributed by atoms with Gasteiger partial charge in [-0.25, -0.2) is 4.79 Å². The molecule has 2 amide bonds. The zero-order valence-corrected chi connectivity index (χ0v) is 18.6. The Morgan fingerprint density at radius 1 is 1.41 bits per heavy atom. The van der Waals surface area contributed by atoms with E-state index in [-0.39, 0.29) is 33.5 Å². The number of nitrogen functional groups attached to an aromatic ring is 1. The van der Waals surface area contributed by atoms with Gasteiger partial charge in [0.2, 0.25) is 17.9 Å². The fraction of sp³-hybridized carbons (Fsp3) is 0.235. The predicted molar refractivity (Wildman–Crippen MR) is 121 cm³/mol. The maximum absolute atomic E-state index is 12.9. The van der Waals surface area contributed by atoms with Crippen molar-refractivity contribution in [1.29, 1.82) is 0 Å². The Hall–Kier alpha value is -3.96.